The molecule has 3 rings (SSSR count). The number of halogens is 2. The van der Waals surface area contributed by atoms with Gasteiger partial charge in [-0.1, -0.05) is 0 Å². The summed E-state index contributed by atoms with van der Waals surface area (Å²) < 4.78 is 63.5. The van der Waals surface area contributed by atoms with Crippen LogP contribution in [0.15, 0.2) is 41.3 Å². The van der Waals surface area contributed by atoms with E-state index in [0.29, 0.717) is 0 Å². The smallest absolute Gasteiger partial charge is 0.340 e. The fourth-order valence-corrected chi connectivity index (χ4v) is 3.91. The molecule has 0 fully saturated rings. The van der Waals surface area contributed by atoms with E-state index in [-0.39, 0.29) is 29.5 Å². The first-order valence-electron chi connectivity index (χ1n) is 7.17. The molecular weight excluding hydrogens is 356 g/mol. The Hall–Kier alpha value is -2.68. The molecule has 0 atom stereocenters. The van der Waals surface area contributed by atoms with Crippen LogP contribution in [0.2, 0.25) is 0 Å². The predicted molar refractivity (Wildman–Crippen MR) is 84.2 cm³/mol. The van der Waals surface area contributed by atoms with Gasteiger partial charge in [-0.15, -0.1) is 0 Å². The minimum absolute atomic E-state index is 0.00440. The number of fused-ring (bicyclic) bond motifs is 1. The molecule has 0 amide bonds. The summed E-state index contributed by atoms with van der Waals surface area (Å²) >= 11 is 0. The highest BCUT2D eigenvalue weighted by molar-refractivity contribution is 7.92. The Labute approximate surface area is 142 Å². The third kappa shape index (κ3) is 3.02. The average molecular weight is 369 g/mol. The molecule has 0 saturated carbocycles. The van der Waals surface area contributed by atoms with Crippen molar-refractivity contribution in [2.24, 2.45) is 0 Å². The average Bonchev–Trinajstić information content (AvgIpc) is 2.60. The first-order chi connectivity index (χ1) is 11.8. The largest absolute Gasteiger partial charge is 0.489 e. The molecule has 25 heavy (non-hydrogen) atoms. The number of nitrogens with zero attached hydrogens (tertiary/aromatic N) is 1. The van der Waals surface area contributed by atoms with E-state index >= 15 is 0 Å². The number of benzene rings is 2. The van der Waals surface area contributed by atoms with Gasteiger partial charge in [-0.05, 0) is 30.3 Å². The number of ether oxygens (including phenoxy) is 2. The van der Waals surface area contributed by atoms with Crippen molar-refractivity contribution in [2.75, 3.05) is 24.6 Å². The first-order valence-corrected chi connectivity index (χ1v) is 8.61. The Morgan fingerprint density at radius 1 is 1.20 bits per heavy atom. The number of esters is 1. The van der Waals surface area contributed by atoms with Crippen LogP contribution in [0, 0.1) is 11.6 Å². The van der Waals surface area contributed by atoms with E-state index in [1.165, 1.54) is 0 Å². The van der Waals surface area contributed by atoms with Gasteiger partial charge in [0.1, 0.15) is 24.0 Å². The van der Waals surface area contributed by atoms with E-state index < -0.39 is 33.2 Å². The van der Waals surface area contributed by atoms with Crippen LogP contribution < -0.4 is 9.04 Å². The van der Waals surface area contributed by atoms with Crippen LogP contribution in [0.5, 0.6) is 5.75 Å². The Morgan fingerprint density at radius 3 is 2.52 bits per heavy atom. The lowest BCUT2D eigenvalue weighted by atomic mass is 10.1. The quantitative estimate of drug-likeness (QED) is 0.777. The maximum atomic E-state index is 14.0. The van der Waals surface area contributed by atoms with Gasteiger partial charge in [-0.25, -0.2) is 22.0 Å². The number of carbonyl (C=O) groups is 1. The van der Waals surface area contributed by atoms with Gasteiger partial charge < -0.3 is 9.47 Å². The molecule has 0 aromatic heterocycles. The van der Waals surface area contributed by atoms with Crippen molar-refractivity contribution >= 4 is 21.7 Å². The molecule has 0 radical (unpaired) electrons. The molecule has 2 aromatic carbocycles. The molecule has 1 aliphatic heterocycles. The van der Waals surface area contributed by atoms with Crippen LogP contribution in [0.1, 0.15) is 10.4 Å². The summed E-state index contributed by atoms with van der Waals surface area (Å²) in [6.45, 7) is -0.0383. The predicted octanol–water partition coefficient (Wildman–Crippen LogP) is 2.34. The second-order valence-electron chi connectivity index (χ2n) is 5.17. The van der Waals surface area contributed by atoms with Crippen LogP contribution in [-0.4, -0.2) is 34.6 Å². The van der Waals surface area contributed by atoms with Gasteiger partial charge in [-0.2, -0.15) is 0 Å². The zero-order chi connectivity index (χ0) is 18.2. The van der Waals surface area contributed by atoms with Gasteiger partial charge in [-0.3, -0.25) is 4.31 Å². The third-order valence-electron chi connectivity index (χ3n) is 3.68. The van der Waals surface area contributed by atoms with E-state index in [9.17, 15) is 22.0 Å². The SMILES string of the molecule is COC(=O)c1cc2c(cc1F)OCCN2S(=O)(=O)c1ccc(F)cc1. The zero-order valence-electron chi connectivity index (χ0n) is 13.0. The van der Waals surface area contributed by atoms with Gasteiger partial charge in [0.15, 0.2) is 0 Å². The highest BCUT2D eigenvalue weighted by Gasteiger charge is 2.32. The van der Waals surface area contributed by atoms with Crippen molar-refractivity contribution in [2.45, 2.75) is 4.90 Å². The molecule has 132 valence electrons. The highest BCUT2D eigenvalue weighted by atomic mass is 32.2. The molecule has 1 aliphatic rings. The van der Waals surface area contributed by atoms with Crippen LogP contribution in [0.4, 0.5) is 14.5 Å². The van der Waals surface area contributed by atoms with E-state index in [0.717, 1.165) is 47.8 Å². The van der Waals surface area contributed by atoms with E-state index in [4.69, 9.17) is 4.74 Å². The molecule has 6 nitrogen and oxygen atoms in total. The van der Waals surface area contributed by atoms with E-state index in [2.05, 4.69) is 4.74 Å². The molecule has 0 unspecified atom stereocenters. The molecule has 1 heterocycles. The van der Waals surface area contributed by atoms with Crippen LogP contribution >= 0.6 is 0 Å². The lowest BCUT2D eigenvalue weighted by molar-refractivity contribution is 0.0595. The van der Waals surface area contributed by atoms with Crippen LogP contribution in [-0.2, 0) is 14.8 Å². The minimum atomic E-state index is -4.04. The summed E-state index contributed by atoms with van der Waals surface area (Å²) in [4.78, 5) is 11.5. The Bertz CT molecular complexity index is 928. The van der Waals surface area contributed by atoms with Gasteiger partial charge in [0.25, 0.3) is 10.0 Å². The topological polar surface area (TPSA) is 72.9 Å². The molecular formula is C16H13F2NO5S. The summed E-state index contributed by atoms with van der Waals surface area (Å²) in [7, 11) is -2.95. The maximum absolute atomic E-state index is 14.0. The summed E-state index contributed by atoms with van der Waals surface area (Å²) in [6, 6.07) is 6.32. The molecule has 0 aliphatic carbocycles. The van der Waals surface area contributed by atoms with Gasteiger partial charge in [0.05, 0.1) is 29.8 Å². The molecule has 0 spiro atoms. The van der Waals surface area contributed by atoms with Gasteiger partial charge in [0, 0.05) is 6.07 Å². The third-order valence-corrected chi connectivity index (χ3v) is 5.50. The zero-order valence-corrected chi connectivity index (χ0v) is 13.8. The molecule has 0 saturated heterocycles. The second-order valence-corrected chi connectivity index (χ2v) is 7.03. The molecule has 0 N–H and O–H groups in total. The number of hydrogen-bond acceptors (Lipinski definition) is 5. The number of methoxy groups -OCH3 is 1. The van der Waals surface area contributed by atoms with Crippen LogP contribution in [0.3, 0.4) is 0 Å². The number of anilines is 1. The molecule has 2 aromatic rings. The van der Waals surface area contributed by atoms with Crippen molar-refractivity contribution in [1.29, 1.82) is 0 Å². The summed E-state index contributed by atoms with van der Waals surface area (Å²) in [5.41, 5.74) is -0.400. The number of carbonyl (C=O) groups excluding carboxylic acids is 1. The fraction of sp³-hybridized carbons (Fsp3) is 0.188. The van der Waals surface area contributed by atoms with Crippen molar-refractivity contribution in [1.82, 2.24) is 0 Å². The summed E-state index contributed by atoms with van der Waals surface area (Å²) in [6.07, 6.45) is 0. The first kappa shape index (κ1) is 17.2. The Balaban J connectivity index is 2.12. The summed E-state index contributed by atoms with van der Waals surface area (Å²) in [5.74, 6) is -2.41. The van der Waals surface area contributed by atoms with Crippen molar-refractivity contribution in [3.05, 3.63) is 53.6 Å². The Kier molecular flexibility index (Phi) is 4.34. The Morgan fingerprint density at radius 2 is 1.88 bits per heavy atom. The number of sulfonamides is 1. The molecule has 9 heteroatoms. The highest BCUT2D eigenvalue weighted by Crippen LogP contribution is 2.37. The maximum Gasteiger partial charge on any atom is 0.340 e. The van der Waals surface area contributed by atoms with Crippen LogP contribution in [0.25, 0.3) is 0 Å². The van der Waals surface area contributed by atoms with Crippen molar-refractivity contribution in [3.8, 4) is 5.75 Å². The standard InChI is InChI=1S/C16H13F2NO5S/c1-23-16(20)12-8-14-15(9-13(12)18)24-7-6-19(14)25(21,22)11-4-2-10(17)3-5-11/h2-5,8-9H,6-7H2,1H3. The fourth-order valence-electron chi connectivity index (χ4n) is 2.46. The number of hydrogen-bond donors (Lipinski definition) is 0. The van der Waals surface area contributed by atoms with Gasteiger partial charge >= 0.3 is 5.97 Å². The van der Waals surface area contributed by atoms with E-state index in [1.807, 2.05) is 0 Å². The minimum Gasteiger partial charge on any atom is -0.489 e. The van der Waals surface area contributed by atoms with Crippen molar-refractivity contribution in [3.63, 3.8) is 0 Å². The van der Waals surface area contributed by atoms with E-state index in [1.54, 1.807) is 0 Å². The lowest BCUT2D eigenvalue weighted by Crippen LogP contribution is -2.38. The lowest BCUT2D eigenvalue weighted by Gasteiger charge is -2.30. The molecule has 0 bridgehead atoms. The normalized spacial score (nSPS) is 13.8. The second kappa shape index (κ2) is 6.32. The van der Waals surface area contributed by atoms with Gasteiger partial charge in [0.2, 0.25) is 0 Å². The van der Waals surface area contributed by atoms with Crippen molar-refractivity contribution < 1.29 is 31.5 Å². The summed E-state index contributed by atoms with van der Waals surface area (Å²) in [5, 5.41) is 0. The number of rotatable bonds is 3. The monoisotopic (exact) mass is 369 g/mol.